The molecule has 0 aromatic heterocycles. The molecule has 0 saturated carbocycles. The zero-order chi connectivity index (χ0) is 13.0. The Kier molecular flexibility index (Phi) is 4.81. The summed E-state index contributed by atoms with van der Waals surface area (Å²) in [6.07, 6.45) is 0.976. The zero-order valence-electron chi connectivity index (χ0n) is 11.0. The highest BCUT2D eigenvalue weighted by Crippen LogP contribution is 2.32. The second-order valence-electron chi connectivity index (χ2n) is 4.98. The predicted octanol–water partition coefficient (Wildman–Crippen LogP) is 3.25. The third-order valence-corrected chi connectivity index (χ3v) is 3.74. The Morgan fingerprint density at radius 3 is 2.67 bits per heavy atom. The minimum absolute atomic E-state index is 0.360. The third-order valence-electron chi connectivity index (χ3n) is 3.40. The number of nitrogens with zero attached hydrogens (tertiary/aromatic N) is 1. The summed E-state index contributed by atoms with van der Waals surface area (Å²) in [4.78, 5) is 2.51. The van der Waals surface area contributed by atoms with Crippen molar-refractivity contribution in [3.05, 3.63) is 47.0 Å². The van der Waals surface area contributed by atoms with Crippen LogP contribution in [0.1, 0.15) is 24.9 Å². The molecular formula is C15H21ClN2. The lowest BCUT2D eigenvalue weighted by molar-refractivity contribution is 0.172. The number of piperazine rings is 1. The lowest BCUT2D eigenvalue weighted by Gasteiger charge is -2.35. The van der Waals surface area contributed by atoms with Crippen molar-refractivity contribution in [1.82, 2.24) is 10.2 Å². The molecule has 3 heteroatoms. The van der Waals surface area contributed by atoms with E-state index in [-0.39, 0.29) is 0 Å². The van der Waals surface area contributed by atoms with Crippen molar-refractivity contribution in [2.75, 3.05) is 26.2 Å². The van der Waals surface area contributed by atoms with E-state index in [0.717, 1.165) is 37.6 Å². The summed E-state index contributed by atoms with van der Waals surface area (Å²) in [6, 6.07) is 8.52. The summed E-state index contributed by atoms with van der Waals surface area (Å²) in [5.74, 6) is 0. The highest BCUT2D eigenvalue weighted by atomic mass is 35.5. The standard InChI is InChI=1S/C15H21ClN2/c1-12(2)11-15(18-9-7-17-8-10-18)13-5-3-4-6-14(13)16/h3-6,15,17H,1,7-11H2,2H3/t15-/m0/s1. The van der Waals surface area contributed by atoms with Crippen molar-refractivity contribution >= 4 is 11.6 Å². The topological polar surface area (TPSA) is 15.3 Å². The van der Waals surface area contributed by atoms with E-state index >= 15 is 0 Å². The Morgan fingerprint density at radius 2 is 2.06 bits per heavy atom. The van der Waals surface area contributed by atoms with Crippen molar-refractivity contribution in [3.63, 3.8) is 0 Å². The molecule has 1 aliphatic rings. The van der Waals surface area contributed by atoms with Crippen LogP contribution in [0.25, 0.3) is 0 Å². The predicted molar refractivity (Wildman–Crippen MR) is 78.1 cm³/mol. The lowest BCUT2D eigenvalue weighted by atomic mass is 9.98. The molecule has 0 unspecified atom stereocenters. The lowest BCUT2D eigenvalue weighted by Crippen LogP contribution is -2.45. The molecule has 0 amide bonds. The minimum atomic E-state index is 0.360. The molecule has 1 atom stereocenters. The molecule has 2 rings (SSSR count). The van der Waals surface area contributed by atoms with Gasteiger partial charge in [0.1, 0.15) is 0 Å². The van der Waals surface area contributed by atoms with E-state index in [1.54, 1.807) is 0 Å². The van der Waals surface area contributed by atoms with Gasteiger partial charge in [0.2, 0.25) is 0 Å². The second-order valence-corrected chi connectivity index (χ2v) is 5.39. The molecule has 1 N–H and O–H groups in total. The van der Waals surface area contributed by atoms with E-state index in [0.29, 0.717) is 6.04 Å². The number of rotatable bonds is 4. The monoisotopic (exact) mass is 264 g/mol. The van der Waals surface area contributed by atoms with Crippen LogP contribution in [0.3, 0.4) is 0 Å². The molecule has 1 saturated heterocycles. The summed E-state index contributed by atoms with van der Waals surface area (Å²) in [6.45, 7) is 10.4. The zero-order valence-corrected chi connectivity index (χ0v) is 11.7. The molecule has 18 heavy (non-hydrogen) atoms. The van der Waals surface area contributed by atoms with Gasteiger partial charge in [0.25, 0.3) is 0 Å². The summed E-state index contributed by atoms with van der Waals surface area (Å²) in [5, 5.41) is 4.26. The van der Waals surface area contributed by atoms with E-state index in [2.05, 4.69) is 35.9 Å². The van der Waals surface area contributed by atoms with Gasteiger partial charge in [-0.2, -0.15) is 0 Å². The Hall–Kier alpha value is -0.830. The average Bonchev–Trinajstić information content (AvgIpc) is 2.38. The van der Waals surface area contributed by atoms with Crippen LogP contribution in [0.4, 0.5) is 0 Å². The summed E-state index contributed by atoms with van der Waals surface area (Å²) >= 11 is 6.35. The first kappa shape index (κ1) is 13.6. The van der Waals surface area contributed by atoms with Gasteiger partial charge in [-0.25, -0.2) is 0 Å². The number of benzene rings is 1. The molecule has 1 heterocycles. The molecular weight excluding hydrogens is 244 g/mol. The molecule has 98 valence electrons. The van der Waals surface area contributed by atoms with E-state index in [1.165, 1.54) is 11.1 Å². The van der Waals surface area contributed by atoms with Gasteiger partial charge in [-0.05, 0) is 25.0 Å². The van der Waals surface area contributed by atoms with Gasteiger partial charge >= 0.3 is 0 Å². The molecule has 1 aromatic rings. The fourth-order valence-electron chi connectivity index (χ4n) is 2.50. The molecule has 0 spiro atoms. The Bertz CT molecular complexity index is 411. The van der Waals surface area contributed by atoms with E-state index in [9.17, 15) is 0 Å². The van der Waals surface area contributed by atoms with E-state index < -0.39 is 0 Å². The van der Waals surface area contributed by atoms with Crippen LogP contribution in [0.2, 0.25) is 5.02 Å². The maximum atomic E-state index is 6.35. The van der Waals surface area contributed by atoms with Crippen LogP contribution < -0.4 is 5.32 Å². The summed E-state index contributed by atoms with van der Waals surface area (Å²) in [5.41, 5.74) is 2.43. The van der Waals surface area contributed by atoms with Crippen LogP contribution in [-0.2, 0) is 0 Å². The maximum Gasteiger partial charge on any atom is 0.0453 e. The van der Waals surface area contributed by atoms with Crippen LogP contribution in [0, 0.1) is 0 Å². The Balaban J connectivity index is 2.24. The number of nitrogens with one attached hydrogen (secondary N) is 1. The van der Waals surface area contributed by atoms with Crippen molar-refractivity contribution in [2.24, 2.45) is 0 Å². The third kappa shape index (κ3) is 3.35. The molecule has 0 aliphatic carbocycles. The van der Waals surface area contributed by atoms with Crippen LogP contribution in [0.5, 0.6) is 0 Å². The van der Waals surface area contributed by atoms with Gasteiger partial charge in [0.05, 0.1) is 0 Å². The second kappa shape index (κ2) is 6.37. The fourth-order valence-corrected chi connectivity index (χ4v) is 2.77. The fraction of sp³-hybridized carbons (Fsp3) is 0.467. The Labute approximate surface area is 115 Å². The number of hydrogen-bond donors (Lipinski definition) is 1. The van der Waals surface area contributed by atoms with Gasteiger partial charge in [0, 0.05) is 37.2 Å². The highest BCUT2D eigenvalue weighted by molar-refractivity contribution is 6.31. The number of halogens is 1. The number of hydrogen-bond acceptors (Lipinski definition) is 2. The molecule has 0 bridgehead atoms. The minimum Gasteiger partial charge on any atom is -0.314 e. The molecule has 1 aliphatic heterocycles. The van der Waals surface area contributed by atoms with Gasteiger partial charge < -0.3 is 5.32 Å². The molecule has 1 aromatic carbocycles. The quantitative estimate of drug-likeness (QED) is 0.840. The Morgan fingerprint density at radius 1 is 1.39 bits per heavy atom. The first-order chi connectivity index (χ1) is 8.68. The summed E-state index contributed by atoms with van der Waals surface area (Å²) < 4.78 is 0. The molecule has 1 fully saturated rings. The highest BCUT2D eigenvalue weighted by Gasteiger charge is 2.23. The largest absolute Gasteiger partial charge is 0.314 e. The van der Waals surface area contributed by atoms with Crippen LogP contribution >= 0.6 is 11.6 Å². The van der Waals surface area contributed by atoms with Crippen molar-refractivity contribution in [3.8, 4) is 0 Å². The van der Waals surface area contributed by atoms with E-state index in [4.69, 9.17) is 11.6 Å². The smallest absolute Gasteiger partial charge is 0.0453 e. The van der Waals surface area contributed by atoms with Gasteiger partial charge in [0.15, 0.2) is 0 Å². The normalized spacial score (nSPS) is 18.6. The van der Waals surface area contributed by atoms with Crippen molar-refractivity contribution < 1.29 is 0 Å². The first-order valence-electron chi connectivity index (χ1n) is 6.52. The van der Waals surface area contributed by atoms with Crippen molar-refractivity contribution in [2.45, 2.75) is 19.4 Å². The van der Waals surface area contributed by atoms with Gasteiger partial charge in [-0.3, -0.25) is 4.90 Å². The first-order valence-corrected chi connectivity index (χ1v) is 6.90. The van der Waals surface area contributed by atoms with Gasteiger partial charge in [-0.15, -0.1) is 6.58 Å². The van der Waals surface area contributed by atoms with Gasteiger partial charge in [-0.1, -0.05) is 35.4 Å². The molecule has 0 radical (unpaired) electrons. The maximum absolute atomic E-state index is 6.35. The van der Waals surface area contributed by atoms with Crippen LogP contribution in [0.15, 0.2) is 36.4 Å². The van der Waals surface area contributed by atoms with Crippen molar-refractivity contribution in [1.29, 1.82) is 0 Å². The SMILES string of the molecule is C=C(C)C[C@@H](c1ccccc1Cl)N1CCNCC1. The average molecular weight is 265 g/mol. The van der Waals surface area contributed by atoms with Crippen LogP contribution in [-0.4, -0.2) is 31.1 Å². The summed E-state index contributed by atoms with van der Waals surface area (Å²) in [7, 11) is 0. The van der Waals surface area contributed by atoms with E-state index in [1.807, 2.05) is 12.1 Å². The molecule has 2 nitrogen and oxygen atoms in total.